The number of amides is 3. The van der Waals surface area contributed by atoms with Crippen LogP contribution in [0.25, 0.3) is 0 Å². The molecule has 0 bridgehead atoms. The number of piperidine rings is 1. The highest BCUT2D eigenvalue weighted by Crippen LogP contribution is 2.31. The van der Waals surface area contributed by atoms with Crippen molar-refractivity contribution >= 4 is 40.5 Å². The van der Waals surface area contributed by atoms with Crippen molar-refractivity contribution < 1.29 is 18.8 Å². The Morgan fingerprint density at radius 1 is 0.970 bits per heavy atom. The Morgan fingerprint density at radius 3 is 2.27 bits per heavy atom. The van der Waals surface area contributed by atoms with E-state index >= 15 is 0 Å². The standard InChI is InChI=1S/C23H25FN6O3/c24-15-5-7-16(8-6-15)30-20(22(26)32)13-18(28-30)23(33)27-17-3-1-2-4-19(17)29-11-9-14(10-12-29)21(25)31/h1-8,14,20H,9-13H2,(H2,25,31)(H2,26,32)(H,27,33). The monoisotopic (exact) mass is 452 g/mol. The normalized spacial score (nSPS) is 18.7. The van der Waals surface area contributed by atoms with E-state index in [1.165, 1.54) is 29.3 Å². The molecule has 0 radical (unpaired) electrons. The van der Waals surface area contributed by atoms with Crippen LogP contribution in [0.15, 0.2) is 53.6 Å². The van der Waals surface area contributed by atoms with Crippen LogP contribution >= 0.6 is 0 Å². The molecular formula is C23H25FN6O3. The Hall–Kier alpha value is -3.95. The minimum absolute atomic E-state index is 0.0325. The van der Waals surface area contributed by atoms with Gasteiger partial charge in [0.05, 0.1) is 17.1 Å². The van der Waals surface area contributed by atoms with E-state index in [0.717, 1.165) is 5.69 Å². The van der Waals surface area contributed by atoms with Crippen LogP contribution in [0.2, 0.25) is 0 Å². The largest absolute Gasteiger partial charge is 0.370 e. The molecule has 2 aliphatic rings. The molecule has 0 aliphatic carbocycles. The van der Waals surface area contributed by atoms with E-state index < -0.39 is 23.7 Å². The summed E-state index contributed by atoms with van der Waals surface area (Å²) in [7, 11) is 0. The van der Waals surface area contributed by atoms with Gasteiger partial charge in [-0.3, -0.25) is 19.4 Å². The summed E-state index contributed by atoms with van der Waals surface area (Å²) < 4.78 is 13.3. The summed E-state index contributed by atoms with van der Waals surface area (Å²) in [5.41, 5.74) is 13.0. The van der Waals surface area contributed by atoms with Crippen molar-refractivity contribution in [3.63, 3.8) is 0 Å². The molecule has 1 atom stereocenters. The lowest BCUT2D eigenvalue weighted by atomic mass is 9.96. The van der Waals surface area contributed by atoms with Gasteiger partial charge in [-0.25, -0.2) is 4.39 Å². The quantitative estimate of drug-likeness (QED) is 0.612. The number of benzene rings is 2. The number of hydrogen-bond donors (Lipinski definition) is 3. The van der Waals surface area contributed by atoms with Gasteiger partial charge >= 0.3 is 0 Å². The zero-order valence-electron chi connectivity index (χ0n) is 17.9. The molecule has 0 spiro atoms. The van der Waals surface area contributed by atoms with Crippen LogP contribution < -0.4 is 26.7 Å². The minimum Gasteiger partial charge on any atom is -0.370 e. The smallest absolute Gasteiger partial charge is 0.272 e. The van der Waals surface area contributed by atoms with Gasteiger partial charge < -0.3 is 21.7 Å². The summed E-state index contributed by atoms with van der Waals surface area (Å²) in [6.45, 7) is 1.28. The Balaban J connectivity index is 1.52. The molecule has 0 aromatic heterocycles. The average molecular weight is 452 g/mol. The molecule has 2 aromatic carbocycles. The second-order valence-corrected chi connectivity index (χ2v) is 8.12. The van der Waals surface area contributed by atoms with E-state index in [1.807, 2.05) is 18.2 Å². The molecule has 33 heavy (non-hydrogen) atoms. The Kier molecular flexibility index (Phi) is 6.25. The molecule has 5 N–H and O–H groups in total. The van der Waals surface area contributed by atoms with Gasteiger partial charge in [-0.2, -0.15) is 5.10 Å². The Labute approximate surface area is 190 Å². The third-order valence-corrected chi connectivity index (χ3v) is 5.98. The molecule has 2 aliphatic heterocycles. The average Bonchev–Trinajstić information content (AvgIpc) is 3.26. The van der Waals surface area contributed by atoms with Crippen molar-refractivity contribution in [1.82, 2.24) is 0 Å². The summed E-state index contributed by atoms with van der Waals surface area (Å²) in [4.78, 5) is 38.6. The van der Waals surface area contributed by atoms with E-state index in [0.29, 0.717) is 37.3 Å². The molecule has 0 saturated carbocycles. The van der Waals surface area contributed by atoms with Crippen LogP contribution in [-0.4, -0.2) is 42.6 Å². The van der Waals surface area contributed by atoms with Crippen LogP contribution in [0.3, 0.4) is 0 Å². The number of carbonyl (C=O) groups is 3. The maximum atomic E-state index is 13.3. The lowest BCUT2D eigenvalue weighted by Crippen LogP contribution is -2.39. The first-order valence-corrected chi connectivity index (χ1v) is 10.7. The second kappa shape index (κ2) is 9.27. The highest BCUT2D eigenvalue weighted by atomic mass is 19.1. The number of halogens is 1. The number of carbonyl (C=O) groups excluding carboxylic acids is 3. The highest BCUT2D eigenvalue weighted by molar-refractivity contribution is 6.44. The summed E-state index contributed by atoms with van der Waals surface area (Å²) in [5, 5.41) is 8.53. The number of hydrazone groups is 1. The molecule has 172 valence electrons. The van der Waals surface area contributed by atoms with Crippen molar-refractivity contribution in [2.24, 2.45) is 22.5 Å². The van der Waals surface area contributed by atoms with Gasteiger partial charge in [-0.05, 0) is 49.2 Å². The van der Waals surface area contributed by atoms with Crippen molar-refractivity contribution in [3.8, 4) is 0 Å². The minimum atomic E-state index is -0.848. The van der Waals surface area contributed by atoms with Gasteiger partial charge in [-0.15, -0.1) is 0 Å². The van der Waals surface area contributed by atoms with E-state index in [2.05, 4.69) is 15.3 Å². The summed E-state index contributed by atoms with van der Waals surface area (Å²) in [6, 6.07) is 12.0. The zero-order valence-corrected chi connectivity index (χ0v) is 17.9. The van der Waals surface area contributed by atoms with E-state index in [-0.39, 0.29) is 24.0 Å². The number of rotatable bonds is 6. The predicted octanol–water partition coefficient (Wildman–Crippen LogP) is 1.59. The van der Waals surface area contributed by atoms with Crippen molar-refractivity contribution in [2.75, 3.05) is 28.3 Å². The third-order valence-electron chi connectivity index (χ3n) is 5.98. The van der Waals surface area contributed by atoms with Gasteiger partial charge in [0.2, 0.25) is 11.8 Å². The molecule has 4 rings (SSSR count). The van der Waals surface area contributed by atoms with Gasteiger partial charge in [0.25, 0.3) is 5.91 Å². The van der Waals surface area contributed by atoms with Gasteiger partial charge in [0, 0.05) is 25.4 Å². The third kappa shape index (κ3) is 4.79. The maximum Gasteiger partial charge on any atom is 0.272 e. The number of nitrogens with two attached hydrogens (primary N) is 2. The lowest BCUT2D eigenvalue weighted by Gasteiger charge is -2.33. The number of nitrogens with zero attached hydrogens (tertiary/aromatic N) is 3. The fraction of sp³-hybridized carbons (Fsp3) is 0.304. The van der Waals surface area contributed by atoms with Crippen LogP contribution in [0.1, 0.15) is 19.3 Å². The molecule has 2 heterocycles. The predicted molar refractivity (Wildman–Crippen MR) is 123 cm³/mol. The van der Waals surface area contributed by atoms with Crippen molar-refractivity contribution in [1.29, 1.82) is 0 Å². The number of hydrogen-bond acceptors (Lipinski definition) is 6. The highest BCUT2D eigenvalue weighted by Gasteiger charge is 2.35. The number of nitrogens with one attached hydrogen (secondary N) is 1. The van der Waals surface area contributed by atoms with E-state index in [4.69, 9.17) is 11.5 Å². The van der Waals surface area contributed by atoms with Crippen molar-refractivity contribution in [3.05, 3.63) is 54.3 Å². The molecule has 2 aromatic rings. The molecule has 1 saturated heterocycles. The fourth-order valence-electron chi connectivity index (χ4n) is 4.16. The van der Waals surface area contributed by atoms with Crippen LogP contribution in [-0.2, 0) is 14.4 Å². The summed E-state index contributed by atoms with van der Waals surface area (Å²) >= 11 is 0. The summed E-state index contributed by atoms with van der Waals surface area (Å²) in [6.07, 6.45) is 1.33. The maximum absolute atomic E-state index is 13.3. The van der Waals surface area contributed by atoms with Gasteiger partial charge in [0.1, 0.15) is 17.6 Å². The van der Waals surface area contributed by atoms with E-state index in [9.17, 15) is 18.8 Å². The lowest BCUT2D eigenvalue weighted by molar-refractivity contribution is -0.122. The SMILES string of the molecule is NC(=O)C1CCN(c2ccccc2NC(=O)C2=NN(c3ccc(F)cc3)C(C(N)=O)C2)CC1. The zero-order chi connectivity index (χ0) is 23.5. The number of anilines is 3. The van der Waals surface area contributed by atoms with Crippen LogP contribution in [0.4, 0.5) is 21.5 Å². The fourth-order valence-corrected chi connectivity index (χ4v) is 4.16. The summed E-state index contributed by atoms with van der Waals surface area (Å²) in [5.74, 6) is -1.94. The van der Waals surface area contributed by atoms with Crippen LogP contribution in [0.5, 0.6) is 0 Å². The molecule has 3 amide bonds. The topological polar surface area (TPSA) is 134 Å². The molecule has 1 unspecified atom stereocenters. The number of primary amides is 2. The molecule has 1 fully saturated rings. The van der Waals surface area contributed by atoms with E-state index in [1.54, 1.807) is 6.07 Å². The first kappa shape index (κ1) is 22.3. The Morgan fingerprint density at radius 2 is 1.64 bits per heavy atom. The molecule has 10 heteroatoms. The van der Waals surface area contributed by atoms with Crippen molar-refractivity contribution in [2.45, 2.75) is 25.3 Å². The van der Waals surface area contributed by atoms with Crippen LogP contribution in [0, 0.1) is 11.7 Å². The van der Waals surface area contributed by atoms with Gasteiger partial charge in [-0.1, -0.05) is 12.1 Å². The second-order valence-electron chi connectivity index (χ2n) is 8.12. The number of para-hydroxylation sites is 2. The first-order valence-electron chi connectivity index (χ1n) is 10.7. The molecular weight excluding hydrogens is 427 g/mol. The van der Waals surface area contributed by atoms with Gasteiger partial charge in [0.15, 0.2) is 0 Å². The molecule has 9 nitrogen and oxygen atoms in total. The first-order chi connectivity index (χ1) is 15.8. The Bertz CT molecular complexity index is 1100.